The molecule has 2 rings (SSSR count). The van der Waals surface area contributed by atoms with E-state index in [2.05, 4.69) is 6.58 Å². The third-order valence-corrected chi connectivity index (χ3v) is 2.85. The maximum absolute atomic E-state index is 12.0. The molecule has 3 nitrogen and oxygen atoms in total. The van der Waals surface area contributed by atoms with Gasteiger partial charge in [-0.05, 0) is 18.6 Å². The van der Waals surface area contributed by atoms with E-state index < -0.39 is 0 Å². The molecule has 0 fully saturated rings. The molecular weight excluding hydrogens is 202 g/mol. The van der Waals surface area contributed by atoms with Gasteiger partial charge in [-0.1, -0.05) is 25.1 Å². The van der Waals surface area contributed by atoms with Crippen LogP contribution in [0, 0.1) is 0 Å². The van der Waals surface area contributed by atoms with Gasteiger partial charge in [0.05, 0.1) is 17.2 Å². The molecule has 1 heterocycles. The Bertz CT molecular complexity index is 430. The number of hydrogen-bond donors (Lipinski definition) is 0. The van der Waals surface area contributed by atoms with Crippen molar-refractivity contribution in [3.8, 4) is 0 Å². The van der Waals surface area contributed by atoms with Crippen LogP contribution in [0.3, 0.4) is 0 Å². The third kappa shape index (κ3) is 1.36. The van der Waals surface area contributed by atoms with Crippen LogP contribution in [-0.4, -0.2) is 22.8 Å². The average Bonchev–Trinajstić information content (AvgIpc) is 2.57. The summed E-state index contributed by atoms with van der Waals surface area (Å²) < 4.78 is 0. The lowest BCUT2D eigenvalue weighted by Crippen LogP contribution is -2.38. The molecule has 1 atom stereocenters. The van der Waals surface area contributed by atoms with E-state index in [4.69, 9.17) is 0 Å². The highest BCUT2D eigenvalue weighted by atomic mass is 16.2. The van der Waals surface area contributed by atoms with E-state index in [1.165, 1.54) is 4.90 Å². The number of hydrogen-bond acceptors (Lipinski definition) is 2. The van der Waals surface area contributed by atoms with Crippen LogP contribution in [0.2, 0.25) is 0 Å². The zero-order valence-corrected chi connectivity index (χ0v) is 9.14. The smallest absolute Gasteiger partial charge is 0.262 e. The van der Waals surface area contributed by atoms with Crippen molar-refractivity contribution in [3.05, 3.63) is 48.0 Å². The molecule has 0 bridgehead atoms. The summed E-state index contributed by atoms with van der Waals surface area (Å²) >= 11 is 0. The number of rotatable bonds is 3. The first-order valence-electron chi connectivity index (χ1n) is 5.30. The average molecular weight is 215 g/mol. The SMILES string of the molecule is C=C[C@@H](CC)N1C(=O)c2ccccc2C1=O. The largest absolute Gasteiger partial charge is 0.269 e. The minimum absolute atomic E-state index is 0.215. The Morgan fingerprint density at radius 2 is 1.75 bits per heavy atom. The molecule has 0 radical (unpaired) electrons. The van der Waals surface area contributed by atoms with Crippen molar-refractivity contribution in [2.45, 2.75) is 19.4 Å². The number of amides is 2. The molecule has 0 unspecified atom stereocenters. The van der Waals surface area contributed by atoms with Crippen molar-refractivity contribution in [3.63, 3.8) is 0 Å². The maximum atomic E-state index is 12.0. The molecule has 3 heteroatoms. The number of fused-ring (bicyclic) bond motifs is 1. The quantitative estimate of drug-likeness (QED) is 0.573. The van der Waals surface area contributed by atoms with Gasteiger partial charge in [0, 0.05) is 0 Å². The molecule has 0 N–H and O–H groups in total. The Labute approximate surface area is 94.4 Å². The van der Waals surface area contributed by atoms with E-state index in [1.807, 2.05) is 6.92 Å². The number of benzene rings is 1. The van der Waals surface area contributed by atoms with Gasteiger partial charge < -0.3 is 0 Å². The topological polar surface area (TPSA) is 37.4 Å². The van der Waals surface area contributed by atoms with Crippen LogP contribution in [0.15, 0.2) is 36.9 Å². The van der Waals surface area contributed by atoms with Gasteiger partial charge in [0.15, 0.2) is 0 Å². The number of carbonyl (C=O) groups excluding carboxylic acids is 2. The van der Waals surface area contributed by atoms with Crippen molar-refractivity contribution in [2.24, 2.45) is 0 Å². The summed E-state index contributed by atoms with van der Waals surface area (Å²) in [5.41, 5.74) is 0.987. The van der Waals surface area contributed by atoms with Gasteiger partial charge in [-0.25, -0.2) is 0 Å². The highest BCUT2D eigenvalue weighted by Gasteiger charge is 2.37. The first-order valence-corrected chi connectivity index (χ1v) is 5.30. The fraction of sp³-hybridized carbons (Fsp3) is 0.231. The molecular formula is C13H13NO2. The van der Waals surface area contributed by atoms with Crippen LogP contribution in [0.5, 0.6) is 0 Å². The lowest BCUT2D eigenvalue weighted by atomic mass is 10.1. The van der Waals surface area contributed by atoms with Crippen LogP contribution in [0.1, 0.15) is 34.1 Å². The highest BCUT2D eigenvalue weighted by Crippen LogP contribution is 2.25. The standard InChI is InChI=1S/C13H13NO2/c1-3-9(4-2)14-12(15)10-7-5-6-8-11(10)13(14)16/h3,5-9H,1,4H2,2H3/t9-/m0/s1. The lowest BCUT2D eigenvalue weighted by molar-refractivity contribution is 0.0612. The minimum Gasteiger partial charge on any atom is -0.269 e. The molecule has 1 aromatic rings. The summed E-state index contributed by atoms with van der Waals surface area (Å²) in [6.45, 7) is 5.59. The van der Waals surface area contributed by atoms with Crippen LogP contribution >= 0.6 is 0 Å². The molecule has 0 saturated carbocycles. The van der Waals surface area contributed by atoms with Gasteiger partial charge in [0.1, 0.15) is 0 Å². The molecule has 0 spiro atoms. The molecule has 0 aromatic heterocycles. The summed E-state index contributed by atoms with van der Waals surface area (Å²) in [6.07, 6.45) is 2.33. The van der Waals surface area contributed by atoms with Crippen molar-refractivity contribution in [2.75, 3.05) is 0 Å². The van der Waals surface area contributed by atoms with Crippen molar-refractivity contribution >= 4 is 11.8 Å². The molecule has 0 saturated heterocycles. The minimum atomic E-state index is -0.215. The fourth-order valence-corrected chi connectivity index (χ4v) is 1.96. The predicted molar refractivity (Wildman–Crippen MR) is 61.2 cm³/mol. The molecule has 2 amide bonds. The van der Waals surface area contributed by atoms with Crippen molar-refractivity contribution < 1.29 is 9.59 Å². The molecule has 1 aliphatic rings. The number of imide groups is 1. The number of carbonyl (C=O) groups is 2. The Morgan fingerprint density at radius 3 is 2.12 bits per heavy atom. The highest BCUT2D eigenvalue weighted by molar-refractivity contribution is 6.21. The Kier molecular flexibility index (Phi) is 2.60. The predicted octanol–water partition coefficient (Wildman–Crippen LogP) is 2.25. The van der Waals surface area contributed by atoms with E-state index in [0.29, 0.717) is 17.5 Å². The maximum Gasteiger partial charge on any atom is 0.262 e. The van der Waals surface area contributed by atoms with E-state index in [9.17, 15) is 9.59 Å². The zero-order valence-electron chi connectivity index (χ0n) is 9.14. The van der Waals surface area contributed by atoms with Crippen molar-refractivity contribution in [1.82, 2.24) is 4.90 Å². The summed E-state index contributed by atoms with van der Waals surface area (Å²) in [5.74, 6) is -0.431. The first kappa shape index (κ1) is 10.6. The van der Waals surface area contributed by atoms with Gasteiger partial charge in [-0.3, -0.25) is 14.5 Å². The lowest BCUT2D eigenvalue weighted by Gasteiger charge is -2.21. The van der Waals surface area contributed by atoms with Crippen LogP contribution in [0.25, 0.3) is 0 Å². The Morgan fingerprint density at radius 1 is 1.25 bits per heavy atom. The zero-order chi connectivity index (χ0) is 11.7. The van der Waals surface area contributed by atoms with Crippen molar-refractivity contribution in [1.29, 1.82) is 0 Å². The second kappa shape index (κ2) is 3.93. The summed E-state index contributed by atoms with van der Waals surface area (Å²) in [5, 5.41) is 0. The molecule has 16 heavy (non-hydrogen) atoms. The molecule has 0 aliphatic carbocycles. The summed E-state index contributed by atoms with van der Waals surface area (Å²) in [7, 11) is 0. The molecule has 1 aromatic carbocycles. The normalized spacial score (nSPS) is 16.2. The Balaban J connectivity index is 2.46. The van der Waals surface area contributed by atoms with Crippen LogP contribution in [-0.2, 0) is 0 Å². The fourth-order valence-electron chi connectivity index (χ4n) is 1.96. The monoisotopic (exact) mass is 215 g/mol. The Hall–Kier alpha value is -1.90. The van der Waals surface area contributed by atoms with Gasteiger partial charge in [-0.2, -0.15) is 0 Å². The second-order valence-corrected chi connectivity index (χ2v) is 3.74. The summed E-state index contributed by atoms with van der Waals surface area (Å²) in [6, 6.07) is 6.69. The van der Waals surface area contributed by atoms with Crippen LogP contribution in [0.4, 0.5) is 0 Å². The molecule has 82 valence electrons. The van der Waals surface area contributed by atoms with E-state index >= 15 is 0 Å². The third-order valence-electron chi connectivity index (χ3n) is 2.85. The number of nitrogens with zero attached hydrogens (tertiary/aromatic N) is 1. The first-order chi connectivity index (χ1) is 7.70. The van der Waals surface area contributed by atoms with E-state index in [-0.39, 0.29) is 17.9 Å². The van der Waals surface area contributed by atoms with Crippen LogP contribution < -0.4 is 0 Å². The van der Waals surface area contributed by atoms with Gasteiger partial charge >= 0.3 is 0 Å². The van der Waals surface area contributed by atoms with Gasteiger partial charge in [0.25, 0.3) is 11.8 Å². The second-order valence-electron chi connectivity index (χ2n) is 3.74. The van der Waals surface area contributed by atoms with E-state index in [0.717, 1.165) is 0 Å². The van der Waals surface area contributed by atoms with Gasteiger partial charge in [0.2, 0.25) is 0 Å². The summed E-state index contributed by atoms with van der Waals surface area (Å²) in [4.78, 5) is 25.3. The molecule has 1 aliphatic heterocycles. The van der Waals surface area contributed by atoms with E-state index in [1.54, 1.807) is 30.3 Å². The van der Waals surface area contributed by atoms with Gasteiger partial charge in [-0.15, -0.1) is 6.58 Å².